The number of carbonyl (C=O) groups excluding carboxylic acids is 2. The summed E-state index contributed by atoms with van der Waals surface area (Å²) in [4.78, 5) is 29.4. The van der Waals surface area contributed by atoms with Crippen LogP contribution in [0.5, 0.6) is 0 Å². The standard InChI is InChI=1S/C17H18BN5O2/c24-11-18-22-8-3-12(4-9-22)14-15(13-1-5-19-6-2-13)21-23-10-7-20-17(25)16(14)23/h1-3,5-6,11,18H,4,7-10H2,(H,20,25). The minimum Gasteiger partial charge on any atom is -0.349 e. The topological polar surface area (TPSA) is 80.1 Å². The van der Waals surface area contributed by atoms with Gasteiger partial charge in [-0.05, 0) is 30.7 Å². The first kappa shape index (κ1) is 15.8. The average molecular weight is 335 g/mol. The summed E-state index contributed by atoms with van der Waals surface area (Å²) in [5, 5.41) is 7.63. The number of amides is 1. The molecule has 0 bridgehead atoms. The van der Waals surface area contributed by atoms with Crippen LogP contribution < -0.4 is 5.32 Å². The van der Waals surface area contributed by atoms with Crippen molar-refractivity contribution in [2.24, 2.45) is 0 Å². The predicted octanol–water partition coefficient (Wildman–Crippen LogP) is 0.319. The van der Waals surface area contributed by atoms with Crippen LogP contribution in [0.1, 0.15) is 22.5 Å². The van der Waals surface area contributed by atoms with Crippen LogP contribution in [0.3, 0.4) is 0 Å². The van der Waals surface area contributed by atoms with E-state index in [2.05, 4.69) is 21.2 Å². The molecule has 4 rings (SSSR count). The summed E-state index contributed by atoms with van der Waals surface area (Å²) in [6.45, 7) is 2.77. The van der Waals surface area contributed by atoms with Crippen LogP contribution in [0, 0.1) is 0 Å². The summed E-state index contributed by atoms with van der Waals surface area (Å²) in [6.07, 6.45) is 7.29. The van der Waals surface area contributed by atoms with Gasteiger partial charge < -0.3 is 14.9 Å². The SMILES string of the molecule is O=CBN1CC=C(c2c(-c3ccncc3)nn3c2C(=O)NCC3)CC1. The second kappa shape index (κ2) is 6.64. The van der Waals surface area contributed by atoms with E-state index in [1.807, 2.05) is 16.8 Å². The molecular formula is C17H18BN5O2. The minimum atomic E-state index is -0.0784. The highest BCUT2D eigenvalue weighted by Gasteiger charge is 2.29. The van der Waals surface area contributed by atoms with Crippen LogP contribution >= 0.6 is 0 Å². The third-order valence-electron chi connectivity index (χ3n) is 4.68. The number of hydrogen-bond donors (Lipinski definition) is 1. The Balaban J connectivity index is 1.82. The van der Waals surface area contributed by atoms with E-state index in [4.69, 9.17) is 5.10 Å². The molecule has 1 N–H and O–H groups in total. The number of fused-ring (bicyclic) bond motifs is 1. The summed E-state index contributed by atoms with van der Waals surface area (Å²) in [5.41, 5.74) is 4.44. The molecule has 0 fully saturated rings. The molecule has 0 aromatic carbocycles. The summed E-state index contributed by atoms with van der Waals surface area (Å²) in [7, 11) is 0.438. The first-order chi connectivity index (χ1) is 12.3. The molecule has 0 aliphatic carbocycles. The zero-order chi connectivity index (χ0) is 17.2. The lowest BCUT2D eigenvalue weighted by molar-refractivity contribution is 0.0924. The van der Waals surface area contributed by atoms with Gasteiger partial charge in [0.15, 0.2) is 0 Å². The number of rotatable bonds is 4. The molecule has 2 aromatic heterocycles. The first-order valence-electron chi connectivity index (χ1n) is 8.42. The second-order valence-corrected chi connectivity index (χ2v) is 6.19. The third-order valence-corrected chi connectivity index (χ3v) is 4.68. The van der Waals surface area contributed by atoms with Crippen molar-refractivity contribution in [2.45, 2.75) is 13.0 Å². The Labute approximate surface area is 146 Å². The molecule has 2 aromatic rings. The number of carbonyl (C=O) groups is 2. The number of hydrogen-bond acceptors (Lipinski definition) is 5. The fraction of sp³-hybridized carbons (Fsp3) is 0.294. The normalized spacial score (nSPS) is 17.4. The van der Waals surface area contributed by atoms with Gasteiger partial charge in [-0.2, -0.15) is 5.10 Å². The summed E-state index contributed by atoms with van der Waals surface area (Å²) < 4.78 is 1.81. The smallest absolute Gasteiger partial charge is 0.281 e. The van der Waals surface area contributed by atoms with Gasteiger partial charge >= 0.3 is 0 Å². The first-order valence-corrected chi connectivity index (χ1v) is 8.42. The number of nitrogens with zero attached hydrogens (tertiary/aromatic N) is 4. The molecule has 2 aliphatic rings. The van der Waals surface area contributed by atoms with Crippen LogP contribution in [0.15, 0.2) is 30.6 Å². The number of aromatic nitrogens is 3. The van der Waals surface area contributed by atoms with Gasteiger partial charge in [-0.15, -0.1) is 0 Å². The van der Waals surface area contributed by atoms with Gasteiger partial charge in [-0.3, -0.25) is 14.5 Å². The molecule has 0 radical (unpaired) electrons. The summed E-state index contributed by atoms with van der Waals surface area (Å²) in [6, 6.07) is 3.83. The van der Waals surface area contributed by atoms with Gasteiger partial charge in [0.1, 0.15) is 11.4 Å². The molecule has 0 atom stereocenters. The van der Waals surface area contributed by atoms with Gasteiger partial charge in [-0.1, -0.05) is 6.08 Å². The second-order valence-electron chi connectivity index (χ2n) is 6.19. The van der Waals surface area contributed by atoms with E-state index < -0.39 is 0 Å². The van der Waals surface area contributed by atoms with E-state index in [0.29, 0.717) is 32.7 Å². The molecule has 0 saturated heterocycles. The molecule has 0 saturated carbocycles. The Morgan fingerprint density at radius 2 is 2.08 bits per heavy atom. The molecule has 1 amide bonds. The lowest BCUT2D eigenvalue weighted by atomic mass is 9.88. The molecule has 126 valence electrons. The van der Waals surface area contributed by atoms with Gasteiger partial charge in [0.25, 0.3) is 13.3 Å². The maximum Gasteiger partial charge on any atom is 0.281 e. The lowest BCUT2D eigenvalue weighted by Gasteiger charge is -2.25. The van der Waals surface area contributed by atoms with Crippen molar-refractivity contribution in [1.29, 1.82) is 0 Å². The molecule has 0 spiro atoms. The molecule has 4 heterocycles. The minimum absolute atomic E-state index is 0.0784. The molecule has 8 heteroatoms. The molecular weight excluding hydrogens is 317 g/mol. The summed E-state index contributed by atoms with van der Waals surface area (Å²) in [5.74, 6) is -0.0784. The van der Waals surface area contributed by atoms with Gasteiger partial charge in [0.05, 0.1) is 12.7 Å². The van der Waals surface area contributed by atoms with Crippen molar-refractivity contribution in [1.82, 2.24) is 24.9 Å². The zero-order valence-corrected chi connectivity index (χ0v) is 13.8. The van der Waals surface area contributed by atoms with Crippen molar-refractivity contribution >= 4 is 25.1 Å². The lowest BCUT2D eigenvalue weighted by Crippen LogP contribution is -2.36. The third kappa shape index (κ3) is 2.89. The van der Waals surface area contributed by atoms with E-state index in [1.165, 1.54) is 0 Å². The zero-order valence-electron chi connectivity index (χ0n) is 13.8. The monoisotopic (exact) mass is 335 g/mol. The highest BCUT2D eigenvalue weighted by molar-refractivity contribution is 6.64. The summed E-state index contributed by atoms with van der Waals surface area (Å²) >= 11 is 0. The van der Waals surface area contributed by atoms with E-state index in [9.17, 15) is 9.59 Å². The molecule has 7 nitrogen and oxygen atoms in total. The van der Waals surface area contributed by atoms with Gasteiger partial charge in [-0.25, -0.2) is 0 Å². The van der Waals surface area contributed by atoms with E-state index in [0.717, 1.165) is 41.5 Å². The Morgan fingerprint density at radius 3 is 2.80 bits per heavy atom. The Bertz CT molecular complexity index is 846. The fourth-order valence-electron chi connectivity index (χ4n) is 3.44. The Morgan fingerprint density at radius 1 is 1.24 bits per heavy atom. The highest BCUT2D eigenvalue weighted by Crippen LogP contribution is 2.34. The van der Waals surface area contributed by atoms with Crippen LogP contribution in [0.4, 0.5) is 0 Å². The predicted molar refractivity (Wildman–Crippen MR) is 95.9 cm³/mol. The number of pyridine rings is 1. The highest BCUT2D eigenvalue weighted by atomic mass is 16.2. The number of nitrogens with one attached hydrogen (secondary N) is 1. The van der Waals surface area contributed by atoms with Gasteiger partial charge in [0, 0.05) is 36.6 Å². The molecule has 25 heavy (non-hydrogen) atoms. The molecule has 0 unspecified atom stereocenters. The van der Waals surface area contributed by atoms with Crippen LogP contribution in [0.25, 0.3) is 16.8 Å². The van der Waals surface area contributed by atoms with Crippen LogP contribution in [-0.4, -0.2) is 58.7 Å². The Kier molecular flexibility index (Phi) is 4.19. The maximum atomic E-state index is 12.5. The van der Waals surface area contributed by atoms with Crippen molar-refractivity contribution in [2.75, 3.05) is 19.6 Å². The molecule has 2 aliphatic heterocycles. The Hall–Kier alpha value is -2.74. The maximum absolute atomic E-state index is 12.5. The van der Waals surface area contributed by atoms with Crippen molar-refractivity contribution < 1.29 is 9.59 Å². The van der Waals surface area contributed by atoms with E-state index in [-0.39, 0.29) is 5.91 Å². The van der Waals surface area contributed by atoms with E-state index in [1.54, 1.807) is 12.4 Å². The quantitative estimate of drug-likeness (QED) is 0.643. The van der Waals surface area contributed by atoms with Crippen LogP contribution in [0.2, 0.25) is 0 Å². The average Bonchev–Trinajstić information content (AvgIpc) is 3.04. The van der Waals surface area contributed by atoms with Crippen molar-refractivity contribution in [3.63, 3.8) is 0 Å². The largest absolute Gasteiger partial charge is 0.349 e. The van der Waals surface area contributed by atoms with E-state index >= 15 is 0 Å². The van der Waals surface area contributed by atoms with Crippen LogP contribution in [-0.2, 0) is 11.3 Å². The van der Waals surface area contributed by atoms with Crippen molar-refractivity contribution in [3.8, 4) is 11.3 Å². The van der Waals surface area contributed by atoms with Gasteiger partial charge in [0.2, 0.25) is 0 Å². The van der Waals surface area contributed by atoms with Crippen molar-refractivity contribution in [3.05, 3.63) is 41.9 Å². The fourth-order valence-corrected chi connectivity index (χ4v) is 3.44.